The summed E-state index contributed by atoms with van der Waals surface area (Å²) in [6.45, 7) is 1.87. The number of methoxy groups -OCH3 is 1. The molecule has 0 aliphatic carbocycles. The minimum atomic E-state index is -2.13. The van der Waals surface area contributed by atoms with Gasteiger partial charge in [0.25, 0.3) is 5.91 Å². The Labute approximate surface area is 125 Å². The zero-order valence-electron chi connectivity index (χ0n) is 10.1. The molecule has 0 aliphatic heterocycles. The normalized spacial score (nSPS) is 12.2. The number of hydrogen-bond donors (Lipinski definition) is 0. The molecule has 0 unspecified atom stereocenters. The lowest BCUT2D eigenvalue weighted by Crippen LogP contribution is -2.30. The van der Waals surface area contributed by atoms with Gasteiger partial charge < -0.3 is 4.74 Å². The van der Waals surface area contributed by atoms with Crippen LogP contribution in [-0.2, 0) is 9.53 Å². The zero-order valence-corrected chi connectivity index (χ0v) is 12.4. The van der Waals surface area contributed by atoms with Crippen LogP contribution in [0.25, 0.3) is 0 Å². The zero-order chi connectivity index (χ0) is 14.6. The molecule has 1 amide bonds. The Balaban J connectivity index is 3.12. The molecule has 0 saturated heterocycles. The molecule has 1 aromatic rings. The van der Waals surface area contributed by atoms with E-state index in [0.717, 1.165) is 12.7 Å². The third kappa shape index (κ3) is 4.49. The van der Waals surface area contributed by atoms with E-state index in [4.69, 9.17) is 34.8 Å². The number of hydrogen-bond acceptors (Lipinski definition) is 3. The molecule has 0 atom stereocenters. The Hall–Kier alpha value is -1.10. The number of amides is 1. The van der Waals surface area contributed by atoms with Crippen LogP contribution in [0.3, 0.4) is 0 Å². The topological polar surface area (TPSA) is 55.7 Å². The summed E-state index contributed by atoms with van der Waals surface area (Å²) in [6.07, 6.45) is 0. The van der Waals surface area contributed by atoms with Crippen molar-refractivity contribution in [2.45, 2.75) is 10.7 Å². The van der Waals surface area contributed by atoms with Crippen molar-refractivity contribution < 1.29 is 14.3 Å². The van der Waals surface area contributed by atoms with E-state index in [2.05, 4.69) is 9.73 Å². The fraction of sp³-hybridized carbons (Fsp3) is 0.250. The van der Waals surface area contributed by atoms with Crippen molar-refractivity contribution in [3.63, 3.8) is 0 Å². The maximum absolute atomic E-state index is 11.9. The lowest BCUT2D eigenvalue weighted by molar-refractivity contribution is -0.132. The molecule has 0 bridgehead atoms. The summed E-state index contributed by atoms with van der Waals surface area (Å²) in [4.78, 5) is 26.8. The molecular formula is C12H10Cl3NO3. The molecule has 0 N–H and O–H groups in total. The number of nitrogens with zero attached hydrogens (tertiary/aromatic N) is 1. The Bertz CT molecular complexity index is 518. The first-order valence-electron chi connectivity index (χ1n) is 5.11. The highest BCUT2D eigenvalue weighted by Crippen LogP contribution is 2.29. The van der Waals surface area contributed by atoms with E-state index in [1.807, 2.05) is 6.92 Å². The van der Waals surface area contributed by atoms with E-state index in [0.29, 0.717) is 0 Å². The van der Waals surface area contributed by atoms with E-state index in [1.165, 1.54) is 0 Å². The molecule has 19 heavy (non-hydrogen) atoms. The van der Waals surface area contributed by atoms with Crippen LogP contribution in [0.2, 0.25) is 0 Å². The van der Waals surface area contributed by atoms with Crippen molar-refractivity contribution in [3.8, 4) is 0 Å². The minimum absolute atomic E-state index is 0.279. The second kappa shape index (κ2) is 6.37. The summed E-state index contributed by atoms with van der Waals surface area (Å²) in [5.41, 5.74) is 0.682. The van der Waals surface area contributed by atoms with E-state index in [9.17, 15) is 9.59 Å². The number of esters is 1. The van der Waals surface area contributed by atoms with Gasteiger partial charge in [0.05, 0.1) is 7.11 Å². The number of alkyl halides is 3. The van der Waals surface area contributed by atoms with Gasteiger partial charge in [0.1, 0.15) is 0 Å². The maximum atomic E-state index is 11.9. The number of carbonyl (C=O) groups excluding carboxylic acids is 2. The van der Waals surface area contributed by atoms with Crippen LogP contribution in [0, 0.1) is 6.92 Å². The van der Waals surface area contributed by atoms with Gasteiger partial charge in [0.2, 0.25) is 3.79 Å². The van der Waals surface area contributed by atoms with Crippen LogP contribution in [0.15, 0.2) is 29.3 Å². The first-order chi connectivity index (χ1) is 8.75. The third-order valence-corrected chi connectivity index (χ3v) is 2.70. The van der Waals surface area contributed by atoms with Crippen LogP contribution < -0.4 is 0 Å². The molecule has 7 heteroatoms. The number of ether oxygens (including phenoxy) is 1. The van der Waals surface area contributed by atoms with Crippen LogP contribution >= 0.6 is 34.8 Å². The molecule has 0 radical (unpaired) electrons. The number of halogens is 3. The lowest BCUT2D eigenvalue weighted by atomic mass is 10.1. The molecule has 0 aliphatic rings. The van der Waals surface area contributed by atoms with Crippen molar-refractivity contribution in [1.29, 1.82) is 0 Å². The molecule has 4 nitrogen and oxygen atoms in total. The highest BCUT2D eigenvalue weighted by atomic mass is 35.6. The third-order valence-electron chi connectivity index (χ3n) is 2.16. The van der Waals surface area contributed by atoms with Gasteiger partial charge in [0.15, 0.2) is 5.71 Å². The Morgan fingerprint density at radius 2 is 1.68 bits per heavy atom. The predicted molar refractivity (Wildman–Crippen MR) is 75.3 cm³/mol. The SMILES string of the molecule is COC(=O)C(=NC(=O)c1ccc(C)cc1)C(Cl)(Cl)Cl. The van der Waals surface area contributed by atoms with Gasteiger partial charge in [-0.2, -0.15) is 0 Å². The molecule has 1 rings (SSSR count). The molecule has 0 aromatic heterocycles. The minimum Gasteiger partial charge on any atom is -0.464 e. The maximum Gasteiger partial charge on any atom is 0.357 e. The Morgan fingerprint density at radius 3 is 2.11 bits per heavy atom. The summed E-state index contributed by atoms with van der Waals surface area (Å²) in [5, 5.41) is 0. The Kier molecular flexibility index (Phi) is 5.35. The van der Waals surface area contributed by atoms with Crippen molar-refractivity contribution in [2.24, 2.45) is 4.99 Å². The monoisotopic (exact) mass is 321 g/mol. The van der Waals surface area contributed by atoms with E-state index in [1.54, 1.807) is 24.3 Å². The molecular weight excluding hydrogens is 312 g/mol. The highest BCUT2D eigenvalue weighted by molar-refractivity contribution is 6.82. The second-order valence-electron chi connectivity index (χ2n) is 3.62. The molecule has 102 valence electrons. The predicted octanol–water partition coefficient (Wildman–Crippen LogP) is 3.12. The smallest absolute Gasteiger partial charge is 0.357 e. The van der Waals surface area contributed by atoms with Crippen LogP contribution in [0.5, 0.6) is 0 Å². The van der Waals surface area contributed by atoms with Crippen molar-refractivity contribution >= 4 is 52.4 Å². The van der Waals surface area contributed by atoms with Gasteiger partial charge in [-0.25, -0.2) is 9.79 Å². The van der Waals surface area contributed by atoms with Gasteiger partial charge in [-0.1, -0.05) is 52.5 Å². The van der Waals surface area contributed by atoms with Crippen molar-refractivity contribution in [3.05, 3.63) is 35.4 Å². The first kappa shape index (κ1) is 16.0. The molecule has 0 fully saturated rings. The molecule has 1 aromatic carbocycles. The second-order valence-corrected chi connectivity index (χ2v) is 5.90. The lowest BCUT2D eigenvalue weighted by Gasteiger charge is -2.11. The number of aliphatic imine (C=N–C) groups is 1. The summed E-state index contributed by atoms with van der Waals surface area (Å²) >= 11 is 16.7. The van der Waals surface area contributed by atoms with Crippen LogP contribution in [-0.4, -0.2) is 28.5 Å². The number of rotatable bonds is 2. The number of carbonyl (C=O) groups is 2. The largest absolute Gasteiger partial charge is 0.464 e. The summed E-state index contributed by atoms with van der Waals surface area (Å²) in [6, 6.07) is 6.59. The van der Waals surface area contributed by atoms with Gasteiger partial charge in [0, 0.05) is 5.56 Å². The van der Waals surface area contributed by atoms with Gasteiger partial charge in [-0.3, -0.25) is 4.79 Å². The van der Waals surface area contributed by atoms with Crippen LogP contribution in [0.1, 0.15) is 15.9 Å². The standard InChI is InChI=1S/C12H10Cl3NO3/c1-7-3-5-8(6-4-7)10(17)16-9(11(18)19-2)12(13,14)15/h3-6H,1-2H3. The van der Waals surface area contributed by atoms with E-state index < -0.39 is 21.4 Å². The average molecular weight is 323 g/mol. The summed E-state index contributed by atoms with van der Waals surface area (Å²) in [7, 11) is 1.10. The molecule has 0 saturated carbocycles. The van der Waals surface area contributed by atoms with Crippen molar-refractivity contribution in [2.75, 3.05) is 7.11 Å². The first-order valence-corrected chi connectivity index (χ1v) is 6.24. The quantitative estimate of drug-likeness (QED) is 0.477. The highest BCUT2D eigenvalue weighted by Gasteiger charge is 2.35. The molecule has 0 spiro atoms. The average Bonchev–Trinajstić information content (AvgIpc) is 2.34. The van der Waals surface area contributed by atoms with E-state index >= 15 is 0 Å². The fourth-order valence-corrected chi connectivity index (χ4v) is 1.54. The number of benzene rings is 1. The van der Waals surface area contributed by atoms with E-state index in [-0.39, 0.29) is 5.56 Å². The van der Waals surface area contributed by atoms with Gasteiger partial charge >= 0.3 is 5.97 Å². The Morgan fingerprint density at radius 1 is 1.16 bits per heavy atom. The summed E-state index contributed by atoms with van der Waals surface area (Å²) < 4.78 is 2.29. The summed E-state index contributed by atoms with van der Waals surface area (Å²) in [5.74, 6) is -1.66. The van der Waals surface area contributed by atoms with Crippen LogP contribution in [0.4, 0.5) is 0 Å². The van der Waals surface area contributed by atoms with Gasteiger partial charge in [-0.05, 0) is 19.1 Å². The van der Waals surface area contributed by atoms with Crippen molar-refractivity contribution in [1.82, 2.24) is 0 Å². The van der Waals surface area contributed by atoms with Gasteiger partial charge in [-0.15, -0.1) is 0 Å². The number of aryl methyl sites for hydroxylation is 1. The fourth-order valence-electron chi connectivity index (χ4n) is 1.18. The molecule has 0 heterocycles.